The smallest absolute Gasteiger partial charge is 0.477 e. The molecule has 1 atom stereocenters. The van der Waals surface area contributed by atoms with E-state index in [0.717, 1.165) is 5.52 Å². The van der Waals surface area contributed by atoms with Gasteiger partial charge in [0.2, 0.25) is 0 Å². The lowest BCUT2D eigenvalue weighted by Crippen LogP contribution is -2.42. The standard InChI is InChI=1S/C26H29N5O5S.C2HF3O2/c1-26(2,11-12-31-17-28-21-14-22(25(33)34)27-15-23(21)31)29-16-24(32)18-7-6-8-19(13-18)30-37(35,36)20-9-4-3-5-10-20;3-2(4,5)1(6)7/h3-10,13-15,17,24,29-30,32H,11-12,16H2,1-2H3,(H,33,34);(H,6,7). The van der Waals surface area contributed by atoms with Gasteiger partial charge in [-0.2, -0.15) is 13.2 Å². The number of benzene rings is 2. The number of carboxylic acid groups (broad SMARTS) is 2. The zero-order valence-corrected chi connectivity index (χ0v) is 24.3. The number of imidazole rings is 1. The summed E-state index contributed by atoms with van der Waals surface area (Å²) in [6.07, 6.45) is -2.07. The number of alkyl halides is 3. The van der Waals surface area contributed by atoms with Crippen LogP contribution in [0.3, 0.4) is 0 Å². The molecule has 0 radical (unpaired) electrons. The van der Waals surface area contributed by atoms with Crippen molar-refractivity contribution in [2.45, 2.75) is 49.5 Å². The van der Waals surface area contributed by atoms with Crippen LogP contribution in [0.5, 0.6) is 0 Å². The van der Waals surface area contributed by atoms with Gasteiger partial charge in [-0.15, -0.1) is 0 Å². The van der Waals surface area contributed by atoms with Crippen molar-refractivity contribution in [1.82, 2.24) is 19.9 Å². The summed E-state index contributed by atoms with van der Waals surface area (Å²) in [5.41, 5.74) is 1.86. The van der Waals surface area contributed by atoms with Crippen molar-refractivity contribution in [2.75, 3.05) is 11.3 Å². The van der Waals surface area contributed by atoms with E-state index in [4.69, 9.17) is 15.0 Å². The lowest BCUT2D eigenvalue weighted by atomic mass is 9.99. The maximum absolute atomic E-state index is 12.6. The molecule has 1 unspecified atom stereocenters. The molecule has 5 N–H and O–H groups in total. The van der Waals surface area contributed by atoms with Crippen LogP contribution in [0.4, 0.5) is 18.9 Å². The van der Waals surface area contributed by atoms with Crippen LogP contribution in [0.1, 0.15) is 42.4 Å². The lowest BCUT2D eigenvalue weighted by molar-refractivity contribution is -0.192. The van der Waals surface area contributed by atoms with Crippen LogP contribution >= 0.6 is 0 Å². The molecule has 4 aromatic rings. The van der Waals surface area contributed by atoms with Gasteiger partial charge in [-0.05, 0) is 56.2 Å². The average Bonchev–Trinajstić information content (AvgIpc) is 3.37. The highest BCUT2D eigenvalue weighted by Crippen LogP contribution is 2.22. The summed E-state index contributed by atoms with van der Waals surface area (Å²) in [5, 5.41) is 30.4. The number of aromatic nitrogens is 3. The molecule has 0 bridgehead atoms. The number of anilines is 1. The number of aryl methyl sites for hydroxylation is 1. The number of carbonyl (C=O) groups is 2. The fraction of sp³-hybridized carbons (Fsp3) is 0.286. The number of carboxylic acids is 2. The minimum absolute atomic E-state index is 0.0503. The first-order chi connectivity index (χ1) is 20.5. The number of aliphatic hydroxyl groups is 1. The van der Waals surface area contributed by atoms with E-state index in [1.165, 1.54) is 24.4 Å². The molecule has 16 heteroatoms. The van der Waals surface area contributed by atoms with Crippen molar-refractivity contribution >= 4 is 38.7 Å². The van der Waals surface area contributed by atoms with E-state index >= 15 is 0 Å². The van der Waals surface area contributed by atoms with Crippen LogP contribution in [0.15, 0.2) is 78.1 Å². The number of fused-ring (bicyclic) bond motifs is 1. The number of aromatic carboxylic acids is 1. The number of nitrogens with one attached hydrogen (secondary N) is 2. The van der Waals surface area contributed by atoms with Gasteiger partial charge in [0.05, 0.1) is 34.6 Å². The molecule has 0 saturated carbocycles. The summed E-state index contributed by atoms with van der Waals surface area (Å²) < 4.78 is 61.4. The molecule has 2 aromatic heterocycles. The molecular formula is C28H30F3N5O7S. The first-order valence-electron chi connectivity index (χ1n) is 12.9. The third-order valence-corrected chi connectivity index (χ3v) is 7.70. The number of hydrogen-bond acceptors (Lipinski definition) is 8. The van der Waals surface area contributed by atoms with Crippen molar-refractivity contribution in [3.8, 4) is 0 Å². The molecule has 0 saturated heterocycles. The quantitative estimate of drug-likeness (QED) is 0.161. The van der Waals surface area contributed by atoms with Gasteiger partial charge in [-0.3, -0.25) is 4.72 Å². The number of hydrogen-bond donors (Lipinski definition) is 5. The summed E-state index contributed by atoms with van der Waals surface area (Å²) in [7, 11) is -3.73. The van der Waals surface area contributed by atoms with E-state index in [-0.39, 0.29) is 22.7 Å². The minimum atomic E-state index is -5.08. The van der Waals surface area contributed by atoms with Gasteiger partial charge >= 0.3 is 18.1 Å². The van der Waals surface area contributed by atoms with E-state index in [9.17, 15) is 31.5 Å². The summed E-state index contributed by atoms with van der Waals surface area (Å²) in [6.45, 7) is 4.90. The minimum Gasteiger partial charge on any atom is -0.477 e. The van der Waals surface area contributed by atoms with Crippen LogP contribution in [0.2, 0.25) is 0 Å². The van der Waals surface area contributed by atoms with Gasteiger partial charge in [0, 0.05) is 24.3 Å². The van der Waals surface area contributed by atoms with Crippen LogP contribution in [-0.2, 0) is 21.4 Å². The number of β-amino-alcohol motifs (C(OH)–C–C–N with tert-alkyl or cyclic N) is 1. The van der Waals surface area contributed by atoms with Crippen molar-refractivity contribution in [3.63, 3.8) is 0 Å². The molecule has 44 heavy (non-hydrogen) atoms. The van der Waals surface area contributed by atoms with Crippen LogP contribution < -0.4 is 10.0 Å². The summed E-state index contributed by atoms with van der Waals surface area (Å²) >= 11 is 0. The predicted molar refractivity (Wildman–Crippen MR) is 154 cm³/mol. The Hall–Kier alpha value is -4.54. The Kier molecular flexibility index (Phi) is 10.7. The fourth-order valence-corrected chi connectivity index (χ4v) is 4.92. The Morgan fingerprint density at radius 2 is 1.66 bits per heavy atom. The third-order valence-electron chi connectivity index (χ3n) is 6.30. The van der Waals surface area contributed by atoms with Gasteiger partial charge in [0.25, 0.3) is 10.0 Å². The monoisotopic (exact) mass is 637 g/mol. The number of aliphatic carboxylic acids is 1. The first-order valence-corrected chi connectivity index (χ1v) is 14.4. The number of sulfonamides is 1. The second-order valence-electron chi connectivity index (χ2n) is 10.2. The average molecular weight is 638 g/mol. The molecule has 236 valence electrons. The van der Waals surface area contributed by atoms with Gasteiger partial charge in [-0.1, -0.05) is 30.3 Å². The largest absolute Gasteiger partial charge is 0.490 e. The summed E-state index contributed by atoms with van der Waals surface area (Å²) in [6, 6.07) is 16.2. The van der Waals surface area contributed by atoms with Crippen LogP contribution in [0, 0.1) is 0 Å². The van der Waals surface area contributed by atoms with Crippen molar-refractivity contribution in [3.05, 3.63) is 84.4 Å². The molecule has 0 aliphatic rings. The van der Waals surface area contributed by atoms with E-state index in [2.05, 4.69) is 20.0 Å². The number of pyridine rings is 1. The Morgan fingerprint density at radius 3 is 2.27 bits per heavy atom. The second-order valence-corrected chi connectivity index (χ2v) is 11.9. The van der Waals surface area contributed by atoms with Crippen molar-refractivity contribution < 1.29 is 46.5 Å². The number of aliphatic hydroxyl groups excluding tert-OH is 1. The molecule has 0 spiro atoms. The fourth-order valence-electron chi connectivity index (χ4n) is 3.85. The third kappa shape index (κ3) is 9.48. The maximum Gasteiger partial charge on any atom is 0.490 e. The maximum atomic E-state index is 12.6. The Balaban J connectivity index is 0.000000676. The number of rotatable bonds is 11. The molecule has 4 rings (SSSR count). The first kappa shape index (κ1) is 34.0. The van der Waals surface area contributed by atoms with Gasteiger partial charge in [0.15, 0.2) is 0 Å². The Labute approximate surface area is 250 Å². The zero-order chi connectivity index (χ0) is 32.7. The molecule has 2 heterocycles. The Bertz CT molecular complexity index is 1710. The summed E-state index contributed by atoms with van der Waals surface area (Å²) in [5.74, 6) is -3.85. The van der Waals surface area contributed by atoms with Crippen molar-refractivity contribution in [1.29, 1.82) is 0 Å². The molecule has 2 aromatic carbocycles. The number of nitrogens with zero attached hydrogens (tertiary/aromatic N) is 3. The Morgan fingerprint density at radius 1 is 1.00 bits per heavy atom. The molecule has 0 aliphatic carbocycles. The normalized spacial score (nSPS) is 12.7. The highest BCUT2D eigenvalue weighted by atomic mass is 32.2. The molecule has 12 nitrogen and oxygen atoms in total. The number of halogens is 3. The van der Waals surface area contributed by atoms with Crippen LogP contribution in [-0.4, -0.2) is 68.5 Å². The highest BCUT2D eigenvalue weighted by molar-refractivity contribution is 7.92. The van der Waals surface area contributed by atoms with Crippen LogP contribution in [0.25, 0.3) is 11.0 Å². The SMILES string of the molecule is CC(C)(CCn1cnc2cc(C(=O)O)ncc21)NCC(O)c1cccc(NS(=O)(=O)c2ccccc2)c1.O=C(O)C(F)(F)F. The lowest BCUT2D eigenvalue weighted by Gasteiger charge is -2.28. The molecule has 0 amide bonds. The van der Waals surface area contributed by atoms with E-state index in [1.54, 1.807) is 48.8 Å². The van der Waals surface area contributed by atoms with Crippen molar-refractivity contribution in [2.24, 2.45) is 0 Å². The zero-order valence-electron chi connectivity index (χ0n) is 23.5. The molecular weight excluding hydrogens is 607 g/mol. The highest BCUT2D eigenvalue weighted by Gasteiger charge is 2.38. The van der Waals surface area contributed by atoms with Gasteiger partial charge in [-0.25, -0.2) is 28.0 Å². The van der Waals surface area contributed by atoms with Gasteiger partial charge < -0.3 is 25.2 Å². The van der Waals surface area contributed by atoms with Gasteiger partial charge in [0.1, 0.15) is 5.69 Å². The van der Waals surface area contributed by atoms with E-state index < -0.39 is 34.2 Å². The van der Waals surface area contributed by atoms with E-state index in [1.807, 2.05) is 18.4 Å². The molecule has 0 fully saturated rings. The predicted octanol–water partition coefficient (Wildman–Crippen LogP) is 4.06. The second kappa shape index (κ2) is 13.8. The topological polar surface area (TPSA) is 184 Å². The van der Waals surface area contributed by atoms with E-state index in [0.29, 0.717) is 29.7 Å². The summed E-state index contributed by atoms with van der Waals surface area (Å²) in [4.78, 5) is 28.4. The molecule has 0 aliphatic heterocycles.